The molecule has 7 heteroatoms. The van der Waals surface area contributed by atoms with E-state index in [0.29, 0.717) is 5.75 Å². The standard InChI is InChI=1S/C22H35N5OS/c1-7-10-14-27-21(18(9-3)26(5)6)24-25-22(27)29-15-19(28)23-20-16(4)12-11-13-17(20)8-2/h11-13,18H,7-10,14-15H2,1-6H3,(H,23,28). The Morgan fingerprint density at radius 1 is 1.24 bits per heavy atom. The Balaban J connectivity index is 2.13. The maximum absolute atomic E-state index is 12.6. The number of aromatic nitrogens is 3. The van der Waals surface area contributed by atoms with Gasteiger partial charge in [0, 0.05) is 12.2 Å². The molecule has 0 spiro atoms. The van der Waals surface area contributed by atoms with Crippen LogP contribution in [0, 0.1) is 6.92 Å². The fraction of sp³-hybridized carbons (Fsp3) is 0.591. The highest BCUT2D eigenvalue weighted by Gasteiger charge is 2.22. The first-order valence-electron chi connectivity index (χ1n) is 10.5. The van der Waals surface area contributed by atoms with Crippen molar-refractivity contribution in [2.75, 3.05) is 25.2 Å². The Hall–Kier alpha value is -1.86. The van der Waals surface area contributed by atoms with Crippen molar-refractivity contribution >= 4 is 23.4 Å². The summed E-state index contributed by atoms with van der Waals surface area (Å²) < 4.78 is 2.20. The first-order valence-corrected chi connectivity index (χ1v) is 11.5. The van der Waals surface area contributed by atoms with Crippen molar-refractivity contribution in [1.29, 1.82) is 0 Å². The van der Waals surface area contributed by atoms with Gasteiger partial charge in [0.2, 0.25) is 5.91 Å². The number of hydrogen-bond acceptors (Lipinski definition) is 5. The van der Waals surface area contributed by atoms with Crippen molar-refractivity contribution in [2.45, 2.75) is 71.1 Å². The molecule has 0 saturated heterocycles. The average molecular weight is 418 g/mol. The second-order valence-electron chi connectivity index (χ2n) is 7.53. The van der Waals surface area contributed by atoms with Gasteiger partial charge in [-0.15, -0.1) is 10.2 Å². The van der Waals surface area contributed by atoms with Gasteiger partial charge in [-0.25, -0.2) is 0 Å². The molecule has 1 heterocycles. The van der Waals surface area contributed by atoms with E-state index in [0.717, 1.165) is 60.0 Å². The second-order valence-corrected chi connectivity index (χ2v) is 8.48. The number of amides is 1. The molecule has 6 nitrogen and oxygen atoms in total. The van der Waals surface area contributed by atoms with E-state index in [1.807, 2.05) is 19.1 Å². The van der Waals surface area contributed by atoms with Crippen molar-refractivity contribution in [1.82, 2.24) is 19.7 Å². The third-order valence-corrected chi connectivity index (χ3v) is 6.09. The van der Waals surface area contributed by atoms with E-state index < -0.39 is 0 Å². The number of benzene rings is 1. The summed E-state index contributed by atoms with van der Waals surface area (Å²) in [6, 6.07) is 6.35. The zero-order valence-electron chi connectivity index (χ0n) is 18.7. The molecule has 0 fully saturated rings. The SMILES string of the molecule is CCCCn1c(SCC(=O)Nc2c(C)cccc2CC)nnc1C(CC)N(C)C. The van der Waals surface area contributed by atoms with Crippen LogP contribution in [0.4, 0.5) is 5.69 Å². The van der Waals surface area contributed by atoms with E-state index in [9.17, 15) is 4.79 Å². The monoisotopic (exact) mass is 417 g/mol. The lowest BCUT2D eigenvalue weighted by Crippen LogP contribution is -2.23. The van der Waals surface area contributed by atoms with Crippen LogP contribution in [0.2, 0.25) is 0 Å². The number of unbranched alkanes of at least 4 members (excludes halogenated alkanes) is 1. The number of carbonyl (C=O) groups is 1. The van der Waals surface area contributed by atoms with E-state index in [4.69, 9.17) is 0 Å². The van der Waals surface area contributed by atoms with E-state index >= 15 is 0 Å². The maximum atomic E-state index is 12.6. The summed E-state index contributed by atoms with van der Waals surface area (Å²) in [5.41, 5.74) is 3.19. The van der Waals surface area contributed by atoms with Crippen LogP contribution in [0.15, 0.2) is 23.4 Å². The van der Waals surface area contributed by atoms with E-state index in [1.54, 1.807) is 0 Å². The Kier molecular flexibility index (Phi) is 9.17. The van der Waals surface area contributed by atoms with Gasteiger partial charge in [-0.3, -0.25) is 9.69 Å². The van der Waals surface area contributed by atoms with Crippen LogP contribution in [0.25, 0.3) is 0 Å². The van der Waals surface area contributed by atoms with Gasteiger partial charge in [0.15, 0.2) is 11.0 Å². The lowest BCUT2D eigenvalue weighted by molar-refractivity contribution is -0.113. The van der Waals surface area contributed by atoms with Crippen LogP contribution < -0.4 is 5.32 Å². The molecule has 1 aromatic carbocycles. The van der Waals surface area contributed by atoms with E-state index in [-0.39, 0.29) is 11.9 Å². The molecule has 29 heavy (non-hydrogen) atoms. The van der Waals surface area contributed by atoms with Crippen molar-refractivity contribution in [3.63, 3.8) is 0 Å². The van der Waals surface area contributed by atoms with Crippen LogP contribution in [0.3, 0.4) is 0 Å². The van der Waals surface area contributed by atoms with Crippen LogP contribution in [-0.4, -0.2) is 45.4 Å². The van der Waals surface area contributed by atoms with Crippen molar-refractivity contribution in [3.8, 4) is 0 Å². The number of nitrogens with zero attached hydrogens (tertiary/aromatic N) is 4. The van der Waals surface area contributed by atoms with E-state index in [2.05, 4.69) is 65.9 Å². The van der Waals surface area contributed by atoms with Gasteiger partial charge in [-0.2, -0.15) is 0 Å². The lowest BCUT2D eigenvalue weighted by atomic mass is 10.1. The zero-order chi connectivity index (χ0) is 21.4. The quantitative estimate of drug-likeness (QED) is 0.537. The zero-order valence-corrected chi connectivity index (χ0v) is 19.5. The summed E-state index contributed by atoms with van der Waals surface area (Å²) in [5.74, 6) is 1.30. The molecule has 1 amide bonds. The molecule has 0 aliphatic rings. The Bertz CT molecular complexity index is 802. The third-order valence-electron chi connectivity index (χ3n) is 5.13. The Labute approximate surface area is 179 Å². The fourth-order valence-electron chi connectivity index (χ4n) is 3.47. The molecule has 1 aromatic heterocycles. The smallest absolute Gasteiger partial charge is 0.234 e. The molecule has 1 N–H and O–H groups in total. The van der Waals surface area contributed by atoms with Gasteiger partial charge >= 0.3 is 0 Å². The first-order chi connectivity index (χ1) is 13.9. The average Bonchev–Trinajstić information content (AvgIpc) is 3.09. The summed E-state index contributed by atoms with van der Waals surface area (Å²) in [4.78, 5) is 14.8. The first kappa shape index (κ1) is 23.4. The normalized spacial score (nSPS) is 12.4. The molecule has 1 atom stereocenters. The molecule has 0 aliphatic heterocycles. The number of thioether (sulfide) groups is 1. The number of nitrogens with one attached hydrogen (secondary N) is 1. The molecule has 2 rings (SSSR count). The number of anilines is 1. The summed E-state index contributed by atoms with van der Waals surface area (Å²) in [6.07, 6.45) is 4.03. The molecule has 0 radical (unpaired) electrons. The van der Waals surface area contributed by atoms with Gasteiger partial charge in [-0.1, -0.05) is 57.2 Å². The van der Waals surface area contributed by atoms with Gasteiger partial charge in [0.25, 0.3) is 0 Å². The summed E-state index contributed by atoms with van der Waals surface area (Å²) in [6.45, 7) is 9.36. The topological polar surface area (TPSA) is 63.1 Å². The highest BCUT2D eigenvalue weighted by atomic mass is 32.2. The number of carbonyl (C=O) groups excluding carboxylic acids is 1. The van der Waals surface area contributed by atoms with Gasteiger partial charge in [0.05, 0.1) is 11.8 Å². The van der Waals surface area contributed by atoms with Gasteiger partial charge in [-0.05, 0) is 51.4 Å². The van der Waals surface area contributed by atoms with Gasteiger partial charge in [0.1, 0.15) is 0 Å². The minimum absolute atomic E-state index is 0.00903. The molecule has 0 bridgehead atoms. The molecule has 0 saturated carbocycles. The molecule has 0 aliphatic carbocycles. The summed E-state index contributed by atoms with van der Waals surface area (Å²) >= 11 is 1.46. The maximum Gasteiger partial charge on any atom is 0.234 e. The highest BCUT2D eigenvalue weighted by molar-refractivity contribution is 7.99. The third kappa shape index (κ3) is 6.06. The van der Waals surface area contributed by atoms with Crippen molar-refractivity contribution < 1.29 is 4.79 Å². The van der Waals surface area contributed by atoms with Crippen LogP contribution in [0.5, 0.6) is 0 Å². The summed E-state index contributed by atoms with van der Waals surface area (Å²) in [7, 11) is 4.14. The molecular weight excluding hydrogens is 382 g/mol. The predicted octanol–water partition coefficient (Wildman–Crippen LogP) is 4.69. The lowest BCUT2D eigenvalue weighted by Gasteiger charge is -2.23. The Morgan fingerprint density at radius 2 is 2.00 bits per heavy atom. The van der Waals surface area contributed by atoms with Crippen LogP contribution in [0.1, 0.15) is 63.0 Å². The second kappa shape index (κ2) is 11.4. The largest absolute Gasteiger partial charge is 0.325 e. The highest BCUT2D eigenvalue weighted by Crippen LogP contribution is 2.26. The molecule has 2 aromatic rings. The minimum atomic E-state index is -0.00903. The minimum Gasteiger partial charge on any atom is -0.325 e. The molecule has 1 unspecified atom stereocenters. The van der Waals surface area contributed by atoms with Crippen molar-refractivity contribution in [2.24, 2.45) is 0 Å². The predicted molar refractivity (Wildman–Crippen MR) is 122 cm³/mol. The van der Waals surface area contributed by atoms with Crippen LogP contribution >= 0.6 is 11.8 Å². The van der Waals surface area contributed by atoms with Crippen molar-refractivity contribution in [3.05, 3.63) is 35.2 Å². The van der Waals surface area contributed by atoms with E-state index in [1.165, 1.54) is 11.8 Å². The number of hydrogen-bond donors (Lipinski definition) is 1. The van der Waals surface area contributed by atoms with Crippen LogP contribution in [-0.2, 0) is 17.8 Å². The van der Waals surface area contributed by atoms with Gasteiger partial charge < -0.3 is 9.88 Å². The number of para-hydroxylation sites is 1. The molecular formula is C22H35N5OS. The summed E-state index contributed by atoms with van der Waals surface area (Å²) in [5, 5.41) is 12.8. The number of aryl methyl sites for hydroxylation is 2. The fourth-order valence-corrected chi connectivity index (χ4v) is 4.24. The number of rotatable bonds is 11. The molecule has 160 valence electrons. The Morgan fingerprint density at radius 3 is 2.62 bits per heavy atom.